The van der Waals surface area contributed by atoms with E-state index >= 15 is 0 Å². The van der Waals surface area contributed by atoms with Gasteiger partial charge < -0.3 is 14.7 Å². The number of amides is 2. The Balaban J connectivity index is 1.12. The van der Waals surface area contributed by atoms with Crippen LogP contribution in [0.4, 0.5) is 5.95 Å². The molecule has 0 radical (unpaired) electrons. The minimum atomic E-state index is -0.0199. The molecule has 10 heteroatoms. The van der Waals surface area contributed by atoms with Crippen LogP contribution in [0, 0.1) is 0 Å². The average molecular weight is 511 g/mol. The highest BCUT2D eigenvalue weighted by molar-refractivity contribution is 7.09. The fraction of sp³-hybridized carbons (Fsp3) is 0.400. The van der Waals surface area contributed by atoms with E-state index in [9.17, 15) is 9.59 Å². The second-order valence-electron chi connectivity index (χ2n) is 8.82. The first kappa shape index (κ1) is 23.7. The highest BCUT2D eigenvalue weighted by atomic mass is 35.5. The Labute approximate surface area is 213 Å². The van der Waals surface area contributed by atoms with Gasteiger partial charge in [-0.2, -0.15) is 0 Å². The van der Waals surface area contributed by atoms with Crippen molar-refractivity contribution in [2.45, 2.75) is 25.2 Å². The van der Waals surface area contributed by atoms with Crippen LogP contribution in [-0.2, 0) is 11.2 Å². The van der Waals surface area contributed by atoms with Crippen molar-refractivity contribution < 1.29 is 9.59 Å². The van der Waals surface area contributed by atoms with E-state index in [2.05, 4.69) is 14.9 Å². The SMILES string of the molecule is O=C(Cc1ccccc1Cl)N1CCC(c2nc(C(=O)N3CCN(c4ncccn4)CC3)cs2)CC1. The van der Waals surface area contributed by atoms with Gasteiger partial charge in [-0.05, 0) is 30.5 Å². The van der Waals surface area contributed by atoms with Gasteiger partial charge in [0.1, 0.15) is 5.69 Å². The summed E-state index contributed by atoms with van der Waals surface area (Å²) >= 11 is 7.76. The molecular weight excluding hydrogens is 484 g/mol. The maximum atomic E-state index is 13.0. The molecule has 2 fully saturated rings. The summed E-state index contributed by atoms with van der Waals surface area (Å²) in [5.41, 5.74) is 1.38. The number of benzene rings is 1. The first-order valence-corrected chi connectivity index (χ1v) is 13.1. The molecule has 2 aliphatic rings. The molecule has 35 heavy (non-hydrogen) atoms. The van der Waals surface area contributed by atoms with Crippen LogP contribution in [-0.4, -0.2) is 75.8 Å². The lowest BCUT2D eigenvalue weighted by atomic mass is 9.97. The fourth-order valence-electron chi connectivity index (χ4n) is 4.59. The zero-order chi connectivity index (χ0) is 24.2. The highest BCUT2D eigenvalue weighted by Gasteiger charge is 2.29. The molecule has 0 saturated carbocycles. The van der Waals surface area contributed by atoms with Gasteiger partial charge in [0.25, 0.3) is 5.91 Å². The van der Waals surface area contributed by atoms with E-state index in [1.165, 1.54) is 0 Å². The van der Waals surface area contributed by atoms with E-state index in [0.717, 1.165) is 23.4 Å². The van der Waals surface area contributed by atoms with Crippen molar-refractivity contribution in [3.05, 3.63) is 69.4 Å². The van der Waals surface area contributed by atoms with Crippen molar-refractivity contribution in [2.24, 2.45) is 0 Å². The Morgan fingerprint density at radius 1 is 0.943 bits per heavy atom. The third kappa shape index (κ3) is 5.46. The van der Waals surface area contributed by atoms with Gasteiger partial charge in [-0.3, -0.25) is 9.59 Å². The number of piperidine rings is 1. The first-order valence-electron chi connectivity index (χ1n) is 11.9. The van der Waals surface area contributed by atoms with Crippen molar-refractivity contribution in [1.82, 2.24) is 24.8 Å². The van der Waals surface area contributed by atoms with Gasteiger partial charge in [-0.25, -0.2) is 15.0 Å². The normalized spacial score (nSPS) is 17.0. The molecule has 0 unspecified atom stereocenters. The molecule has 2 aromatic heterocycles. The quantitative estimate of drug-likeness (QED) is 0.522. The maximum absolute atomic E-state index is 13.0. The number of likely N-dealkylation sites (tertiary alicyclic amines) is 1. The van der Waals surface area contributed by atoms with Gasteiger partial charge in [0.2, 0.25) is 11.9 Å². The van der Waals surface area contributed by atoms with E-state index in [4.69, 9.17) is 16.6 Å². The van der Waals surface area contributed by atoms with E-state index in [-0.39, 0.29) is 17.7 Å². The number of anilines is 1. The molecule has 2 aliphatic heterocycles. The monoisotopic (exact) mass is 510 g/mol. The van der Waals surface area contributed by atoms with E-state index in [1.807, 2.05) is 39.4 Å². The van der Waals surface area contributed by atoms with Gasteiger partial charge in [-0.1, -0.05) is 29.8 Å². The van der Waals surface area contributed by atoms with Gasteiger partial charge >= 0.3 is 0 Å². The molecule has 1 aromatic carbocycles. The van der Waals surface area contributed by atoms with E-state index in [1.54, 1.807) is 29.8 Å². The molecule has 8 nitrogen and oxygen atoms in total. The summed E-state index contributed by atoms with van der Waals surface area (Å²) in [5.74, 6) is 1.06. The number of hydrogen-bond acceptors (Lipinski definition) is 7. The lowest BCUT2D eigenvalue weighted by molar-refractivity contribution is -0.131. The summed E-state index contributed by atoms with van der Waals surface area (Å²) in [6.07, 6.45) is 5.49. The minimum absolute atomic E-state index is 0.0199. The summed E-state index contributed by atoms with van der Waals surface area (Å²) in [7, 11) is 0. The van der Waals surface area contributed by atoms with Crippen molar-refractivity contribution in [1.29, 1.82) is 0 Å². The van der Waals surface area contributed by atoms with Crippen LogP contribution in [0.3, 0.4) is 0 Å². The molecule has 3 aromatic rings. The Hall–Kier alpha value is -3.04. The van der Waals surface area contributed by atoms with Crippen LogP contribution in [0.25, 0.3) is 0 Å². The molecule has 5 rings (SSSR count). The predicted molar refractivity (Wildman–Crippen MR) is 136 cm³/mol. The van der Waals surface area contributed by atoms with Crippen LogP contribution in [0.2, 0.25) is 5.02 Å². The lowest BCUT2D eigenvalue weighted by Crippen LogP contribution is -2.49. The summed E-state index contributed by atoms with van der Waals surface area (Å²) in [6, 6.07) is 9.28. The average Bonchev–Trinajstić information content (AvgIpc) is 3.41. The Bertz CT molecular complexity index is 1170. The molecule has 4 heterocycles. The molecule has 0 bridgehead atoms. The van der Waals surface area contributed by atoms with Crippen molar-refractivity contribution in [2.75, 3.05) is 44.2 Å². The predicted octanol–water partition coefficient (Wildman–Crippen LogP) is 3.50. The number of halogens is 1. The minimum Gasteiger partial charge on any atom is -0.342 e. The maximum Gasteiger partial charge on any atom is 0.273 e. The largest absolute Gasteiger partial charge is 0.342 e. The number of aromatic nitrogens is 3. The molecular formula is C25H27ClN6O2S. The summed E-state index contributed by atoms with van der Waals surface area (Å²) in [5, 5.41) is 3.49. The van der Waals surface area contributed by atoms with Crippen LogP contribution >= 0.6 is 22.9 Å². The van der Waals surface area contributed by atoms with Crippen molar-refractivity contribution in [3.8, 4) is 0 Å². The molecule has 0 N–H and O–H groups in total. The van der Waals surface area contributed by atoms with Gasteiger partial charge in [0.15, 0.2) is 0 Å². The van der Waals surface area contributed by atoms with E-state index < -0.39 is 0 Å². The number of piperazine rings is 1. The molecule has 2 amide bonds. The van der Waals surface area contributed by atoms with Crippen LogP contribution in [0.5, 0.6) is 0 Å². The molecule has 0 spiro atoms. The first-order chi connectivity index (χ1) is 17.1. The Morgan fingerprint density at radius 2 is 1.66 bits per heavy atom. The number of thiazole rings is 1. The van der Waals surface area contributed by atoms with Gasteiger partial charge in [-0.15, -0.1) is 11.3 Å². The summed E-state index contributed by atoms with van der Waals surface area (Å²) < 4.78 is 0. The number of rotatable bonds is 5. The Morgan fingerprint density at radius 3 is 2.37 bits per heavy atom. The second-order valence-corrected chi connectivity index (χ2v) is 10.1. The molecule has 182 valence electrons. The van der Waals surface area contributed by atoms with E-state index in [0.29, 0.717) is 62.4 Å². The van der Waals surface area contributed by atoms with Crippen molar-refractivity contribution in [3.63, 3.8) is 0 Å². The van der Waals surface area contributed by atoms with Crippen LogP contribution in [0.1, 0.15) is 39.8 Å². The molecule has 0 aliphatic carbocycles. The number of carbonyl (C=O) groups is 2. The topological polar surface area (TPSA) is 82.5 Å². The second kappa shape index (κ2) is 10.7. The molecule has 2 saturated heterocycles. The van der Waals surface area contributed by atoms with Gasteiger partial charge in [0.05, 0.1) is 11.4 Å². The van der Waals surface area contributed by atoms with Crippen LogP contribution < -0.4 is 4.90 Å². The van der Waals surface area contributed by atoms with Crippen molar-refractivity contribution >= 4 is 40.7 Å². The third-order valence-corrected chi connectivity index (χ3v) is 8.02. The smallest absolute Gasteiger partial charge is 0.273 e. The zero-order valence-electron chi connectivity index (χ0n) is 19.3. The summed E-state index contributed by atoms with van der Waals surface area (Å²) in [4.78, 5) is 44.9. The Kier molecular flexibility index (Phi) is 7.24. The number of hydrogen-bond donors (Lipinski definition) is 0. The third-order valence-electron chi connectivity index (χ3n) is 6.64. The standard InChI is InChI=1S/C25H27ClN6O2S/c26-20-5-2-1-4-19(20)16-22(33)30-10-6-18(7-11-30)23-29-21(17-35-23)24(34)31-12-14-32(15-13-31)25-27-8-3-9-28-25/h1-5,8-9,17-18H,6-7,10-16H2. The highest BCUT2D eigenvalue weighted by Crippen LogP contribution is 2.31. The fourth-order valence-corrected chi connectivity index (χ4v) is 5.76. The lowest BCUT2D eigenvalue weighted by Gasteiger charge is -2.34. The number of carbonyl (C=O) groups excluding carboxylic acids is 2. The van der Waals surface area contributed by atoms with Crippen LogP contribution in [0.15, 0.2) is 48.1 Å². The zero-order valence-corrected chi connectivity index (χ0v) is 20.9. The number of nitrogens with zero attached hydrogens (tertiary/aromatic N) is 6. The summed E-state index contributed by atoms with van der Waals surface area (Å²) in [6.45, 7) is 4.03. The molecule has 0 atom stereocenters. The van der Waals surface area contributed by atoms with Gasteiger partial charge in [0, 0.05) is 68.0 Å².